The first kappa shape index (κ1) is 15.1. The van der Waals surface area contributed by atoms with Crippen molar-refractivity contribution in [2.45, 2.75) is 53.5 Å². The van der Waals surface area contributed by atoms with Gasteiger partial charge in [-0.05, 0) is 44.6 Å². The Labute approximate surface area is 122 Å². The third-order valence-corrected chi connectivity index (χ3v) is 4.08. The first-order chi connectivity index (χ1) is 9.45. The molecule has 0 aromatic carbocycles. The summed E-state index contributed by atoms with van der Waals surface area (Å²) in [6, 6.07) is 2.13. The lowest BCUT2D eigenvalue weighted by atomic mass is 9.96. The quantitative estimate of drug-likeness (QED) is 0.849. The molecular formula is C16H27N3O. The molecule has 0 spiro atoms. The molecule has 0 N–H and O–H groups in total. The second-order valence-corrected chi connectivity index (χ2v) is 6.53. The van der Waals surface area contributed by atoms with Gasteiger partial charge in [-0.3, -0.25) is 9.48 Å². The fourth-order valence-corrected chi connectivity index (χ4v) is 2.95. The molecule has 2 heterocycles. The van der Waals surface area contributed by atoms with Crippen LogP contribution in [0.25, 0.3) is 0 Å². The van der Waals surface area contributed by atoms with E-state index in [0.717, 1.165) is 38.2 Å². The molecule has 2 rings (SSSR count). The SMILES string of the molecule is Cc1cc(C)n(CC2CCN(C(=O)CC(C)C)CC2)n1. The van der Waals surface area contributed by atoms with Gasteiger partial charge in [-0.2, -0.15) is 5.10 Å². The Hall–Kier alpha value is -1.32. The van der Waals surface area contributed by atoms with Crippen LogP contribution in [-0.4, -0.2) is 33.7 Å². The van der Waals surface area contributed by atoms with Crippen molar-refractivity contribution in [2.75, 3.05) is 13.1 Å². The molecule has 0 bridgehead atoms. The summed E-state index contributed by atoms with van der Waals surface area (Å²) in [5.74, 6) is 1.43. The maximum atomic E-state index is 12.0. The molecule has 4 heteroatoms. The zero-order valence-electron chi connectivity index (χ0n) is 13.2. The molecule has 1 aliphatic rings. The van der Waals surface area contributed by atoms with E-state index in [1.807, 2.05) is 11.8 Å². The van der Waals surface area contributed by atoms with Gasteiger partial charge in [0.25, 0.3) is 0 Å². The van der Waals surface area contributed by atoms with Gasteiger partial charge in [0.2, 0.25) is 5.91 Å². The molecule has 0 atom stereocenters. The van der Waals surface area contributed by atoms with Crippen LogP contribution in [0.5, 0.6) is 0 Å². The smallest absolute Gasteiger partial charge is 0.222 e. The fourth-order valence-electron chi connectivity index (χ4n) is 2.95. The van der Waals surface area contributed by atoms with Gasteiger partial charge < -0.3 is 4.90 Å². The summed E-state index contributed by atoms with van der Waals surface area (Å²) in [5, 5.41) is 4.53. The Morgan fingerprint density at radius 3 is 2.50 bits per heavy atom. The van der Waals surface area contributed by atoms with Gasteiger partial charge in [0.05, 0.1) is 5.69 Å². The second-order valence-electron chi connectivity index (χ2n) is 6.53. The molecule has 1 aliphatic heterocycles. The number of piperidine rings is 1. The summed E-state index contributed by atoms with van der Waals surface area (Å²) in [5.41, 5.74) is 2.33. The molecule has 112 valence electrons. The molecule has 0 radical (unpaired) electrons. The van der Waals surface area contributed by atoms with E-state index in [1.165, 1.54) is 5.69 Å². The van der Waals surface area contributed by atoms with Crippen molar-refractivity contribution in [3.8, 4) is 0 Å². The van der Waals surface area contributed by atoms with E-state index in [4.69, 9.17) is 0 Å². The van der Waals surface area contributed by atoms with E-state index in [0.29, 0.717) is 24.2 Å². The highest BCUT2D eigenvalue weighted by Gasteiger charge is 2.23. The van der Waals surface area contributed by atoms with Gasteiger partial charge in [0.15, 0.2) is 0 Å². The van der Waals surface area contributed by atoms with Crippen LogP contribution in [0.4, 0.5) is 0 Å². The van der Waals surface area contributed by atoms with E-state index in [9.17, 15) is 4.79 Å². The van der Waals surface area contributed by atoms with E-state index < -0.39 is 0 Å². The van der Waals surface area contributed by atoms with Crippen molar-refractivity contribution in [3.63, 3.8) is 0 Å². The van der Waals surface area contributed by atoms with Gasteiger partial charge in [-0.15, -0.1) is 0 Å². The number of hydrogen-bond donors (Lipinski definition) is 0. The zero-order chi connectivity index (χ0) is 14.7. The number of carbonyl (C=O) groups excluding carboxylic acids is 1. The van der Waals surface area contributed by atoms with Gasteiger partial charge in [-0.25, -0.2) is 0 Å². The molecule has 1 amide bonds. The van der Waals surface area contributed by atoms with Gasteiger partial charge >= 0.3 is 0 Å². The average Bonchev–Trinajstić information content (AvgIpc) is 2.68. The predicted molar refractivity (Wildman–Crippen MR) is 80.5 cm³/mol. The monoisotopic (exact) mass is 277 g/mol. The average molecular weight is 277 g/mol. The number of aromatic nitrogens is 2. The normalized spacial score (nSPS) is 16.9. The molecule has 1 aromatic heterocycles. The van der Waals surface area contributed by atoms with Crippen LogP contribution in [0.15, 0.2) is 6.07 Å². The largest absolute Gasteiger partial charge is 0.343 e. The molecular weight excluding hydrogens is 250 g/mol. The minimum atomic E-state index is 0.324. The standard InChI is InChI=1S/C16H27N3O/c1-12(2)9-16(20)18-7-5-15(6-8-18)11-19-14(4)10-13(3)17-19/h10,12,15H,5-9,11H2,1-4H3. The van der Waals surface area contributed by atoms with Crippen LogP contribution in [0.2, 0.25) is 0 Å². The lowest BCUT2D eigenvalue weighted by Crippen LogP contribution is -2.39. The van der Waals surface area contributed by atoms with Crippen molar-refractivity contribution < 1.29 is 4.79 Å². The van der Waals surface area contributed by atoms with Crippen molar-refractivity contribution >= 4 is 5.91 Å². The molecule has 4 nitrogen and oxygen atoms in total. The molecule has 0 saturated carbocycles. The minimum absolute atomic E-state index is 0.324. The number of amides is 1. The third kappa shape index (κ3) is 3.84. The van der Waals surface area contributed by atoms with Gasteiger partial charge in [0, 0.05) is 31.7 Å². The summed E-state index contributed by atoms with van der Waals surface area (Å²) in [6.45, 7) is 11.2. The molecule has 0 aliphatic carbocycles. The zero-order valence-corrected chi connectivity index (χ0v) is 13.2. The van der Waals surface area contributed by atoms with E-state index in [-0.39, 0.29) is 0 Å². The Kier molecular flexibility index (Phi) is 4.84. The summed E-state index contributed by atoms with van der Waals surface area (Å²) in [6.07, 6.45) is 2.88. The highest BCUT2D eigenvalue weighted by molar-refractivity contribution is 5.76. The maximum Gasteiger partial charge on any atom is 0.222 e. The molecule has 1 saturated heterocycles. The molecule has 1 aromatic rings. The van der Waals surface area contributed by atoms with Crippen LogP contribution in [0.1, 0.15) is 44.5 Å². The molecule has 0 unspecified atom stereocenters. The van der Waals surface area contributed by atoms with Crippen LogP contribution in [-0.2, 0) is 11.3 Å². The van der Waals surface area contributed by atoms with E-state index >= 15 is 0 Å². The first-order valence-electron chi connectivity index (χ1n) is 7.74. The summed E-state index contributed by atoms with van der Waals surface area (Å²) in [4.78, 5) is 14.1. The van der Waals surface area contributed by atoms with E-state index in [2.05, 4.69) is 36.6 Å². The van der Waals surface area contributed by atoms with Crippen molar-refractivity contribution in [1.29, 1.82) is 0 Å². The van der Waals surface area contributed by atoms with Crippen molar-refractivity contribution in [3.05, 3.63) is 17.5 Å². The van der Waals surface area contributed by atoms with Gasteiger partial charge in [0.1, 0.15) is 0 Å². The Bertz CT molecular complexity index is 456. The lowest BCUT2D eigenvalue weighted by Gasteiger charge is -2.32. The number of aryl methyl sites for hydroxylation is 2. The Morgan fingerprint density at radius 2 is 2.00 bits per heavy atom. The molecule has 1 fully saturated rings. The third-order valence-electron chi connectivity index (χ3n) is 4.08. The number of nitrogens with zero attached hydrogens (tertiary/aromatic N) is 3. The number of rotatable bonds is 4. The minimum Gasteiger partial charge on any atom is -0.343 e. The van der Waals surface area contributed by atoms with Crippen LogP contribution >= 0.6 is 0 Å². The van der Waals surface area contributed by atoms with Crippen molar-refractivity contribution in [1.82, 2.24) is 14.7 Å². The first-order valence-corrected chi connectivity index (χ1v) is 7.74. The lowest BCUT2D eigenvalue weighted by molar-refractivity contribution is -0.133. The Morgan fingerprint density at radius 1 is 1.35 bits per heavy atom. The van der Waals surface area contributed by atoms with E-state index in [1.54, 1.807) is 0 Å². The highest BCUT2D eigenvalue weighted by Crippen LogP contribution is 2.21. The van der Waals surface area contributed by atoms with Gasteiger partial charge in [-0.1, -0.05) is 13.8 Å². The predicted octanol–water partition coefficient (Wildman–Crippen LogP) is 2.78. The van der Waals surface area contributed by atoms with Crippen LogP contribution in [0, 0.1) is 25.7 Å². The second kappa shape index (κ2) is 6.42. The summed E-state index contributed by atoms with van der Waals surface area (Å²) >= 11 is 0. The number of hydrogen-bond acceptors (Lipinski definition) is 2. The Balaban J connectivity index is 1.82. The van der Waals surface area contributed by atoms with Crippen LogP contribution < -0.4 is 0 Å². The van der Waals surface area contributed by atoms with Crippen molar-refractivity contribution in [2.24, 2.45) is 11.8 Å². The fraction of sp³-hybridized carbons (Fsp3) is 0.750. The number of carbonyl (C=O) groups is 1. The number of likely N-dealkylation sites (tertiary alicyclic amines) is 1. The maximum absolute atomic E-state index is 12.0. The molecule has 20 heavy (non-hydrogen) atoms. The summed E-state index contributed by atoms with van der Waals surface area (Å²) in [7, 11) is 0. The summed E-state index contributed by atoms with van der Waals surface area (Å²) < 4.78 is 2.12. The topological polar surface area (TPSA) is 38.1 Å². The van der Waals surface area contributed by atoms with Crippen LogP contribution in [0.3, 0.4) is 0 Å². The highest BCUT2D eigenvalue weighted by atomic mass is 16.2.